The van der Waals surface area contributed by atoms with Crippen LogP contribution in [0.1, 0.15) is 47.0 Å². The van der Waals surface area contributed by atoms with E-state index in [1.54, 1.807) is 18.5 Å². The minimum atomic E-state index is -6.00. The van der Waals surface area contributed by atoms with E-state index >= 15 is 0 Å². The molecule has 0 amide bonds. The molecule has 0 N–H and O–H groups in total. The molecule has 0 aromatic heterocycles. The van der Waals surface area contributed by atoms with Crippen LogP contribution in [0.3, 0.4) is 0 Å². The van der Waals surface area contributed by atoms with Gasteiger partial charge in [0.1, 0.15) is 0 Å². The predicted octanol–water partition coefficient (Wildman–Crippen LogP) is 5.55. The lowest BCUT2D eigenvalue weighted by Crippen LogP contribution is -2.09. The van der Waals surface area contributed by atoms with Gasteiger partial charge in [0.2, 0.25) is 0 Å². The van der Waals surface area contributed by atoms with Gasteiger partial charge in [-0.1, -0.05) is 20.8 Å². The Morgan fingerprint density at radius 2 is 0.941 bits per heavy atom. The third kappa shape index (κ3) is 14.2. The summed E-state index contributed by atoms with van der Waals surface area (Å²) in [6.45, 7) is 9.44. The summed E-state index contributed by atoms with van der Waals surface area (Å²) in [6, 6.07) is 0. The topological polar surface area (TPSA) is 0 Å². The van der Waals surface area contributed by atoms with Gasteiger partial charge in [-0.15, -0.1) is 0 Å². The second kappa shape index (κ2) is 10.2. The molecule has 0 aromatic rings. The van der Waals surface area contributed by atoms with E-state index in [4.69, 9.17) is 0 Å². The van der Waals surface area contributed by atoms with Crippen molar-refractivity contribution in [2.24, 2.45) is 0 Å². The monoisotopic (exact) mass is 276 g/mol. The van der Waals surface area contributed by atoms with Crippen LogP contribution >= 0.6 is 7.26 Å². The highest BCUT2D eigenvalue weighted by Crippen LogP contribution is 2.59. The largest absolute Gasteiger partial charge is 0.673 e. The lowest BCUT2D eigenvalue weighted by atomic mass is 10.3. The molecule has 0 unspecified atom stereocenters. The molecule has 0 spiro atoms. The standard InChI is InChI=1S/C11H26P.BF4/c1-5-9-12(8-4,10-6-2)11-7-3;2-1(3,4)5/h5-11H2,1-4H3;/q+1;-1. The van der Waals surface area contributed by atoms with E-state index in [1.165, 1.54) is 25.4 Å². The SMILES string of the molecule is CCC[P+](CC)(CCC)CCC.F[B-](F)(F)F. The molecular formula is C11H26BF4P. The highest BCUT2D eigenvalue weighted by Gasteiger charge is 2.31. The molecule has 0 aliphatic rings. The van der Waals surface area contributed by atoms with E-state index in [-0.39, 0.29) is 0 Å². The van der Waals surface area contributed by atoms with Crippen LogP contribution in [0, 0.1) is 0 Å². The molecule has 0 bridgehead atoms. The van der Waals surface area contributed by atoms with E-state index < -0.39 is 14.5 Å². The molecule has 0 saturated carbocycles. The van der Waals surface area contributed by atoms with Crippen LogP contribution in [0.4, 0.5) is 17.3 Å². The van der Waals surface area contributed by atoms with Crippen molar-refractivity contribution < 1.29 is 17.3 Å². The van der Waals surface area contributed by atoms with Gasteiger partial charge >= 0.3 is 7.25 Å². The quantitative estimate of drug-likeness (QED) is 0.324. The molecule has 0 aromatic carbocycles. The van der Waals surface area contributed by atoms with Gasteiger partial charge in [-0.2, -0.15) is 0 Å². The normalized spacial score (nSPS) is 12.0. The van der Waals surface area contributed by atoms with Crippen LogP contribution in [0.5, 0.6) is 0 Å². The van der Waals surface area contributed by atoms with Gasteiger partial charge in [0.15, 0.2) is 0 Å². The molecule has 0 atom stereocenters. The van der Waals surface area contributed by atoms with Crippen molar-refractivity contribution in [2.75, 3.05) is 24.6 Å². The van der Waals surface area contributed by atoms with Gasteiger partial charge in [0.05, 0.1) is 24.6 Å². The fraction of sp³-hybridized carbons (Fsp3) is 1.00. The highest BCUT2D eigenvalue weighted by molar-refractivity contribution is 7.75. The summed E-state index contributed by atoms with van der Waals surface area (Å²) in [5, 5.41) is 0. The van der Waals surface area contributed by atoms with E-state index in [0.29, 0.717) is 0 Å². The summed E-state index contributed by atoms with van der Waals surface area (Å²) in [5.74, 6) is 0. The van der Waals surface area contributed by atoms with Crippen molar-refractivity contribution >= 4 is 14.5 Å². The zero-order chi connectivity index (χ0) is 13.9. The zero-order valence-electron chi connectivity index (χ0n) is 11.5. The maximum Gasteiger partial charge on any atom is 0.673 e. The van der Waals surface area contributed by atoms with Gasteiger partial charge < -0.3 is 17.3 Å². The third-order valence-electron chi connectivity index (χ3n) is 2.76. The van der Waals surface area contributed by atoms with Crippen molar-refractivity contribution in [2.45, 2.75) is 47.0 Å². The molecule has 0 fully saturated rings. The average molecular weight is 276 g/mol. The molecular weight excluding hydrogens is 250 g/mol. The van der Waals surface area contributed by atoms with Crippen molar-refractivity contribution in [1.29, 1.82) is 0 Å². The van der Waals surface area contributed by atoms with E-state index in [9.17, 15) is 17.3 Å². The van der Waals surface area contributed by atoms with Crippen LogP contribution in [0.2, 0.25) is 0 Å². The molecule has 0 radical (unpaired) electrons. The first-order valence-corrected chi connectivity index (χ1v) is 9.00. The highest BCUT2D eigenvalue weighted by atomic mass is 31.2. The first-order valence-electron chi connectivity index (χ1n) is 6.47. The first kappa shape index (κ1) is 19.6. The molecule has 17 heavy (non-hydrogen) atoms. The zero-order valence-corrected chi connectivity index (χ0v) is 12.4. The Labute approximate surface area is 104 Å². The van der Waals surface area contributed by atoms with Crippen LogP contribution in [0.15, 0.2) is 0 Å². The second-order valence-corrected chi connectivity index (χ2v) is 8.98. The Bertz CT molecular complexity index is 150. The van der Waals surface area contributed by atoms with Gasteiger partial charge in [-0.3, -0.25) is 0 Å². The number of hydrogen-bond donors (Lipinski definition) is 0. The minimum Gasteiger partial charge on any atom is -0.418 e. The van der Waals surface area contributed by atoms with Crippen molar-refractivity contribution in [3.8, 4) is 0 Å². The second-order valence-electron chi connectivity index (χ2n) is 4.32. The summed E-state index contributed by atoms with van der Waals surface area (Å²) in [5.41, 5.74) is 0. The van der Waals surface area contributed by atoms with Gasteiger partial charge in [-0.05, 0) is 26.2 Å². The Kier molecular flexibility index (Phi) is 11.7. The predicted molar refractivity (Wildman–Crippen MR) is 73.1 cm³/mol. The smallest absolute Gasteiger partial charge is 0.418 e. The minimum absolute atomic E-state index is 0.477. The van der Waals surface area contributed by atoms with Crippen LogP contribution < -0.4 is 0 Å². The van der Waals surface area contributed by atoms with Crippen LogP contribution in [-0.2, 0) is 0 Å². The summed E-state index contributed by atoms with van der Waals surface area (Å²) in [7, 11) is -6.48. The molecule has 0 rings (SSSR count). The average Bonchev–Trinajstić information content (AvgIpc) is 2.16. The molecule has 0 nitrogen and oxygen atoms in total. The summed E-state index contributed by atoms with van der Waals surface area (Å²) in [4.78, 5) is 0. The Balaban J connectivity index is 0. The summed E-state index contributed by atoms with van der Waals surface area (Å²) >= 11 is 0. The Hall–Kier alpha value is 0.215. The van der Waals surface area contributed by atoms with Gasteiger partial charge in [0, 0.05) is 7.26 Å². The molecule has 0 heterocycles. The molecule has 106 valence electrons. The maximum atomic E-state index is 9.75. The molecule has 0 saturated heterocycles. The summed E-state index contributed by atoms with van der Waals surface area (Å²) < 4.78 is 39.0. The fourth-order valence-electron chi connectivity index (χ4n) is 2.23. The lowest BCUT2D eigenvalue weighted by Gasteiger charge is -2.25. The maximum absolute atomic E-state index is 9.75. The van der Waals surface area contributed by atoms with Crippen LogP contribution in [-0.4, -0.2) is 31.9 Å². The van der Waals surface area contributed by atoms with Crippen molar-refractivity contribution in [3.05, 3.63) is 0 Å². The van der Waals surface area contributed by atoms with E-state index in [1.807, 2.05) is 0 Å². The number of hydrogen-bond acceptors (Lipinski definition) is 0. The van der Waals surface area contributed by atoms with E-state index in [0.717, 1.165) is 0 Å². The van der Waals surface area contributed by atoms with Crippen molar-refractivity contribution in [1.82, 2.24) is 0 Å². The first-order chi connectivity index (χ1) is 7.74. The Morgan fingerprint density at radius 1 is 0.706 bits per heavy atom. The van der Waals surface area contributed by atoms with Gasteiger partial charge in [0.25, 0.3) is 0 Å². The van der Waals surface area contributed by atoms with E-state index in [2.05, 4.69) is 27.7 Å². The van der Waals surface area contributed by atoms with Crippen molar-refractivity contribution in [3.63, 3.8) is 0 Å². The molecule has 6 heteroatoms. The lowest BCUT2D eigenvalue weighted by molar-refractivity contribution is 0.368. The van der Waals surface area contributed by atoms with Gasteiger partial charge in [-0.25, -0.2) is 0 Å². The molecule has 0 aliphatic heterocycles. The van der Waals surface area contributed by atoms with Crippen LogP contribution in [0.25, 0.3) is 0 Å². The Morgan fingerprint density at radius 3 is 1.06 bits per heavy atom. The fourth-order valence-corrected chi connectivity index (χ4v) is 6.70. The third-order valence-corrected chi connectivity index (χ3v) is 8.29. The number of halogens is 4. The number of rotatable bonds is 7. The molecule has 0 aliphatic carbocycles. The summed E-state index contributed by atoms with van der Waals surface area (Å²) in [6.07, 6.45) is 10.3.